The van der Waals surface area contributed by atoms with Gasteiger partial charge in [0.1, 0.15) is 0 Å². The standard InChI is InChI=1S/C17H29OP/c1-8-16(9-2)19(18)17(6,7)15-10-12(3)14(5)13(4)11-15/h10-11,16,19H,8-9H2,1-7H3. The molecule has 1 aromatic rings. The van der Waals surface area contributed by atoms with Crippen molar-refractivity contribution in [3.8, 4) is 0 Å². The average molecular weight is 280 g/mol. The summed E-state index contributed by atoms with van der Waals surface area (Å²) in [4.78, 5) is 0. The van der Waals surface area contributed by atoms with Crippen LogP contribution in [0.4, 0.5) is 0 Å². The second-order valence-electron chi connectivity index (χ2n) is 6.24. The van der Waals surface area contributed by atoms with Gasteiger partial charge in [0, 0.05) is 10.8 Å². The molecule has 0 saturated carbocycles. The van der Waals surface area contributed by atoms with Gasteiger partial charge in [-0.15, -0.1) is 0 Å². The van der Waals surface area contributed by atoms with E-state index in [-0.39, 0.29) is 5.16 Å². The molecule has 0 aromatic heterocycles. The Morgan fingerprint density at radius 1 is 1.05 bits per heavy atom. The summed E-state index contributed by atoms with van der Waals surface area (Å²) in [7, 11) is -1.65. The van der Waals surface area contributed by atoms with Crippen molar-refractivity contribution >= 4 is 7.80 Å². The lowest BCUT2D eigenvalue weighted by Crippen LogP contribution is -2.18. The molecule has 1 nitrogen and oxygen atoms in total. The Morgan fingerprint density at radius 2 is 1.47 bits per heavy atom. The highest BCUT2D eigenvalue weighted by atomic mass is 31.1. The van der Waals surface area contributed by atoms with Gasteiger partial charge in [-0.3, -0.25) is 0 Å². The molecule has 0 aliphatic carbocycles. The van der Waals surface area contributed by atoms with E-state index in [4.69, 9.17) is 0 Å². The van der Waals surface area contributed by atoms with Gasteiger partial charge in [-0.1, -0.05) is 26.0 Å². The third kappa shape index (κ3) is 3.31. The van der Waals surface area contributed by atoms with Crippen LogP contribution in [0.1, 0.15) is 62.8 Å². The van der Waals surface area contributed by atoms with Gasteiger partial charge in [-0.05, 0) is 69.7 Å². The minimum Gasteiger partial charge on any atom is -0.326 e. The molecule has 1 aromatic carbocycles. The fourth-order valence-corrected chi connectivity index (χ4v) is 4.90. The zero-order valence-electron chi connectivity index (χ0n) is 13.6. The summed E-state index contributed by atoms with van der Waals surface area (Å²) in [6.07, 6.45) is 2.03. The SMILES string of the molecule is CCC(CC)[PH](=O)C(C)(C)c1cc(C)c(C)c(C)c1. The lowest BCUT2D eigenvalue weighted by molar-refractivity contribution is 0.543. The molecule has 1 atom stereocenters. The second-order valence-corrected chi connectivity index (χ2v) is 9.03. The van der Waals surface area contributed by atoms with Crippen LogP contribution in [0.3, 0.4) is 0 Å². The Bertz CT molecular complexity index is 447. The molecular formula is C17H29OP. The van der Waals surface area contributed by atoms with Crippen molar-refractivity contribution < 1.29 is 4.57 Å². The smallest absolute Gasteiger partial charge is 0.0886 e. The molecule has 19 heavy (non-hydrogen) atoms. The largest absolute Gasteiger partial charge is 0.326 e. The third-order valence-corrected chi connectivity index (χ3v) is 7.70. The van der Waals surface area contributed by atoms with Crippen LogP contribution in [-0.2, 0) is 9.72 Å². The molecule has 108 valence electrons. The number of hydrogen-bond donors (Lipinski definition) is 0. The average Bonchev–Trinajstić information content (AvgIpc) is 2.36. The molecule has 0 heterocycles. The number of benzene rings is 1. The highest BCUT2D eigenvalue weighted by Gasteiger charge is 2.32. The van der Waals surface area contributed by atoms with Crippen molar-refractivity contribution in [1.82, 2.24) is 0 Å². The second kappa shape index (κ2) is 6.27. The van der Waals surface area contributed by atoms with Gasteiger partial charge in [0.15, 0.2) is 0 Å². The summed E-state index contributed by atoms with van der Waals surface area (Å²) in [5, 5.41) is -0.204. The summed E-state index contributed by atoms with van der Waals surface area (Å²) >= 11 is 0. The van der Waals surface area contributed by atoms with E-state index >= 15 is 0 Å². The number of hydrogen-bond acceptors (Lipinski definition) is 1. The molecule has 0 radical (unpaired) electrons. The van der Waals surface area contributed by atoms with Gasteiger partial charge < -0.3 is 4.57 Å². The first-order chi connectivity index (χ1) is 8.75. The van der Waals surface area contributed by atoms with Gasteiger partial charge in [-0.25, -0.2) is 0 Å². The van der Waals surface area contributed by atoms with Gasteiger partial charge in [0.2, 0.25) is 0 Å². The van der Waals surface area contributed by atoms with E-state index in [2.05, 4.69) is 60.6 Å². The fourth-order valence-electron chi connectivity index (χ4n) is 2.71. The molecule has 1 unspecified atom stereocenters. The Kier molecular flexibility index (Phi) is 5.44. The summed E-state index contributed by atoms with van der Waals surface area (Å²) in [5.41, 5.74) is 5.57. The maximum Gasteiger partial charge on any atom is 0.0886 e. The predicted octanol–water partition coefficient (Wildman–Crippen LogP) is 5.60. The van der Waals surface area contributed by atoms with Crippen LogP contribution in [0.2, 0.25) is 0 Å². The lowest BCUT2D eigenvalue weighted by atomic mass is 9.94. The van der Waals surface area contributed by atoms with E-state index in [9.17, 15) is 4.57 Å². The minimum absolute atomic E-state index is 0.204. The molecular weight excluding hydrogens is 251 g/mol. The quantitative estimate of drug-likeness (QED) is 0.642. The van der Waals surface area contributed by atoms with Crippen LogP contribution < -0.4 is 0 Å². The molecule has 0 spiro atoms. The fraction of sp³-hybridized carbons (Fsp3) is 0.647. The van der Waals surface area contributed by atoms with Crippen LogP contribution >= 0.6 is 7.80 Å². The summed E-state index contributed by atoms with van der Waals surface area (Å²) in [5.74, 6) is 0. The summed E-state index contributed by atoms with van der Waals surface area (Å²) < 4.78 is 12.9. The molecule has 0 aliphatic heterocycles. The van der Waals surface area contributed by atoms with Crippen LogP contribution in [0.5, 0.6) is 0 Å². The van der Waals surface area contributed by atoms with E-state index in [1.807, 2.05) is 0 Å². The van der Waals surface area contributed by atoms with Gasteiger partial charge >= 0.3 is 0 Å². The molecule has 0 N–H and O–H groups in total. The highest BCUT2D eigenvalue weighted by Crippen LogP contribution is 2.52. The first kappa shape index (κ1) is 16.5. The van der Waals surface area contributed by atoms with E-state index < -0.39 is 7.80 Å². The Balaban J connectivity index is 3.23. The van der Waals surface area contributed by atoms with Crippen LogP contribution in [0.15, 0.2) is 12.1 Å². The molecule has 0 aliphatic rings. The molecule has 0 amide bonds. The predicted molar refractivity (Wildman–Crippen MR) is 87.1 cm³/mol. The van der Waals surface area contributed by atoms with Gasteiger partial charge in [0.05, 0.1) is 7.80 Å². The first-order valence-corrected chi connectivity index (χ1v) is 8.86. The lowest BCUT2D eigenvalue weighted by Gasteiger charge is -2.30. The summed E-state index contributed by atoms with van der Waals surface area (Å²) in [6, 6.07) is 4.46. The molecule has 0 saturated heterocycles. The molecule has 0 fully saturated rings. The van der Waals surface area contributed by atoms with Crippen molar-refractivity contribution in [2.24, 2.45) is 0 Å². The molecule has 1 rings (SSSR count). The van der Waals surface area contributed by atoms with Crippen molar-refractivity contribution in [2.45, 2.75) is 72.1 Å². The highest BCUT2D eigenvalue weighted by molar-refractivity contribution is 7.46. The minimum atomic E-state index is -1.65. The van der Waals surface area contributed by atoms with Crippen molar-refractivity contribution in [1.29, 1.82) is 0 Å². The monoisotopic (exact) mass is 280 g/mol. The summed E-state index contributed by atoms with van der Waals surface area (Å²) in [6.45, 7) is 15.1. The van der Waals surface area contributed by atoms with Crippen molar-refractivity contribution in [3.05, 3.63) is 34.4 Å². The molecule has 0 bridgehead atoms. The third-order valence-electron chi connectivity index (χ3n) is 4.62. The first-order valence-electron chi connectivity index (χ1n) is 7.38. The normalized spacial score (nSPS) is 13.9. The Morgan fingerprint density at radius 3 is 1.84 bits per heavy atom. The zero-order chi connectivity index (χ0) is 14.8. The van der Waals surface area contributed by atoms with Crippen LogP contribution in [0.25, 0.3) is 0 Å². The topological polar surface area (TPSA) is 17.1 Å². The van der Waals surface area contributed by atoms with E-state index in [1.54, 1.807) is 0 Å². The van der Waals surface area contributed by atoms with E-state index in [0.29, 0.717) is 5.66 Å². The van der Waals surface area contributed by atoms with Crippen LogP contribution in [-0.4, -0.2) is 5.66 Å². The maximum atomic E-state index is 12.9. The van der Waals surface area contributed by atoms with Gasteiger partial charge in [-0.2, -0.15) is 0 Å². The molecule has 2 heteroatoms. The van der Waals surface area contributed by atoms with E-state index in [0.717, 1.165) is 12.8 Å². The van der Waals surface area contributed by atoms with Gasteiger partial charge in [0.25, 0.3) is 0 Å². The van der Waals surface area contributed by atoms with Crippen molar-refractivity contribution in [3.63, 3.8) is 0 Å². The number of aryl methyl sites for hydroxylation is 2. The maximum absolute atomic E-state index is 12.9. The van der Waals surface area contributed by atoms with E-state index in [1.165, 1.54) is 22.3 Å². The van der Waals surface area contributed by atoms with Crippen LogP contribution in [0, 0.1) is 20.8 Å². The Labute approximate surface area is 119 Å². The van der Waals surface area contributed by atoms with Crippen molar-refractivity contribution in [2.75, 3.05) is 0 Å². The zero-order valence-corrected chi connectivity index (χ0v) is 14.6. The number of rotatable bonds is 5. The Hall–Kier alpha value is -0.550.